The molecule has 0 bridgehead atoms. The number of hydrogen-bond donors (Lipinski definition) is 2. The van der Waals surface area contributed by atoms with E-state index in [-0.39, 0.29) is 6.07 Å². The van der Waals surface area contributed by atoms with Gasteiger partial charge in [-0.1, -0.05) is 0 Å². The maximum Gasteiger partial charge on any atom is 0.306 e. The summed E-state index contributed by atoms with van der Waals surface area (Å²) < 4.78 is 52.4. The maximum absolute atomic E-state index is 13.5. The van der Waals surface area contributed by atoms with E-state index in [1.807, 2.05) is 0 Å². The van der Waals surface area contributed by atoms with Crippen molar-refractivity contribution in [2.45, 2.75) is 10.9 Å². The quantitative estimate of drug-likeness (QED) is 0.606. The van der Waals surface area contributed by atoms with Crippen LogP contribution in [0.25, 0.3) is 0 Å². The molecule has 1 fully saturated rings. The van der Waals surface area contributed by atoms with Crippen molar-refractivity contribution in [3.05, 3.63) is 33.9 Å². The van der Waals surface area contributed by atoms with Gasteiger partial charge in [0.25, 0.3) is 0 Å². The molecule has 0 saturated carbocycles. The Labute approximate surface area is 106 Å². The van der Waals surface area contributed by atoms with E-state index in [0.29, 0.717) is 19.2 Å². The highest BCUT2D eigenvalue weighted by molar-refractivity contribution is 7.89. The van der Waals surface area contributed by atoms with Gasteiger partial charge in [0.15, 0.2) is 0 Å². The summed E-state index contributed by atoms with van der Waals surface area (Å²) in [5, 5.41) is 13.3. The van der Waals surface area contributed by atoms with E-state index >= 15 is 0 Å². The molecule has 0 radical (unpaired) electrons. The summed E-state index contributed by atoms with van der Waals surface area (Å²) in [7, 11) is -4.26. The molecular formula is C9H9F2N3O4S. The van der Waals surface area contributed by atoms with Crippen LogP contribution in [-0.2, 0) is 10.0 Å². The van der Waals surface area contributed by atoms with Gasteiger partial charge < -0.3 is 5.32 Å². The van der Waals surface area contributed by atoms with Crippen molar-refractivity contribution in [1.82, 2.24) is 10.0 Å². The largest absolute Gasteiger partial charge is 0.313 e. The van der Waals surface area contributed by atoms with E-state index in [1.165, 1.54) is 0 Å². The van der Waals surface area contributed by atoms with Gasteiger partial charge in [0, 0.05) is 31.3 Å². The molecule has 1 aromatic rings. The van der Waals surface area contributed by atoms with Gasteiger partial charge in [-0.2, -0.15) is 4.39 Å². The Bertz CT molecular complexity index is 631. The topological polar surface area (TPSA) is 101 Å². The normalized spacial score (nSPS) is 16.1. The number of nitrogens with zero attached hydrogens (tertiary/aromatic N) is 1. The highest BCUT2D eigenvalue weighted by Crippen LogP contribution is 2.24. The molecule has 1 heterocycles. The monoisotopic (exact) mass is 293 g/mol. The van der Waals surface area contributed by atoms with Gasteiger partial charge in [-0.25, -0.2) is 17.5 Å². The Kier molecular flexibility index (Phi) is 3.47. The zero-order valence-corrected chi connectivity index (χ0v) is 10.2. The number of nitrogens with one attached hydrogen (secondary N) is 2. The molecule has 0 amide bonds. The van der Waals surface area contributed by atoms with Crippen LogP contribution < -0.4 is 10.0 Å². The molecule has 0 aliphatic carbocycles. The predicted molar refractivity (Wildman–Crippen MR) is 60.0 cm³/mol. The van der Waals surface area contributed by atoms with E-state index in [9.17, 15) is 27.3 Å². The third-order valence-corrected chi connectivity index (χ3v) is 4.13. The number of benzene rings is 1. The lowest BCUT2D eigenvalue weighted by Gasteiger charge is -2.27. The van der Waals surface area contributed by atoms with Gasteiger partial charge in [-0.3, -0.25) is 10.1 Å². The first-order valence-electron chi connectivity index (χ1n) is 5.18. The lowest BCUT2D eigenvalue weighted by atomic mass is 10.2. The van der Waals surface area contributed by atoms with E-state index in [4.69, 9.17) is 0 Å². The molecule has 104 valence electrons. The third-order valence-electron chi connectivity index (χ3n) is 2.59. The van der Waals surface area contributed by atoms with Crippen LogP contribution in [-0.4, -0.2) is 32.5 Å². The molecule has 2 N–H and O–H groups in total. The Morgan fingerprint density at radius 1 is 1.32 bits per heavy atom. The van der Waals surface area contributed by atoms with Gasteiger partial charge in [0.2, 0.25) is 15.8 Å². The fourth-order valence-corrected chi connectivity index (χ4v) is 2.83. The second kappa shape index (κ2) is 4.79. The first-order valence-corrected chi connectivity index (χ1v) is 6.66. The molecule has 7 nitrogen and oxygen atoms in total. The van der Waals surface area contributed by atoms with Crippen LogP contribution in [0, 0.1) is 21.7 Å². The van der Waals surface area contributed by atoms with Crippen LogP contribution in [0.4, 0.5) is 14.5 Å². The second-order valence-electron chi connectivity index (χ2n) is 3.97. The predicted octanol–water partition coefficient (Wildman–Crippen LogP) is 0.123. The van der Waals surface area contributed by atoms with Crippen molar-refractivity contribution in [1.29, 1.82) is 0 Å². The van der Waals surface area contributed by atoms with Crippen molar-refractivity contribution in [2.75, 3.05) is 13.1 Å². The molecule has 1 aromatic carbocycles. The van der Waals surface area contributed by atoms with Crippen LogP contribution in [0.3, 0.4) is 0 Å². The average Bonchev–Trinajstić information content (AvgIpc) is 2.22. The lowest BCUT2D eigenvalue weighted by Crippen LogP contribution is -2.56. The van der Waals surface area contributed by atoms with Crippen molar-refractivity contribution in [3.8, 4) is 0 Å². The Hall–Kier alpha value is -1.65. The lowest BCUT2D eigenvalue weighted by molar-refractivity contribution is -0.387. The summed E-state index contributed by atoms with van der Waals surface area (Å²) in [5.41, 5.74) is -1.09. The smallest absolute Gasteiger partial charge is 0.306 e. The van der Waals surface area contributed by atoms with Gasteiger partial charge >= 0.3 is 5.69 Å². The molecule has 0 aromatic heterocycles. The van der Waals surface area contributed by atoms with Crippen LogP contribution in [0.15, 0.2) is 17.0 Å². The van der Waals surface area contributed by atoms with Gasteiger partial charge in [0.1, 0.15) is 10.7 Å². The van der Waals surface area contributed by atoms with Crippen LogP contribution in [0.2, 0.25) is 0 Å². The maximum atomic E-state index is 13.5. The molecule has 2 rings (SSSR count). The minimum Gasteiger partial charge on any atom is -0.313 e. The van der Waals surface area contributed by atoms with E-state index < -0.39 is 43.2 Å². The summed E-state index contributed by atoms with van der Waals surface area (Å²) in [6.45, 7) is 0.758. The first-order chi connectivity index (χ1) is 8.81. The fraction of sp³-hybridized carbons (Fsp3) is 0.333. The van der Waals surface area contributed by atoms with Gasteiger partial charge in [0.05, 0.1) is 4.92 Å². The standard InChI is InChI=1S/C9H9F2N3O4S/c10-6-1-7(11)9(2-8(6)14(15)16)19(17,18)13-5-3-12-4-5/h1-2,5,12-13H,3-4H2. The van der Waals surface area contributed by atoms with Gasteiger partial charge in [-0.15, -0.1) is 0 Å². The fourth-order valence-electron chi connectivity index (χ4n) is 1.52. The molecular weight excluding hydrogens is 284 g/mol. The first kappa shape index (κ1) is 13.8. The van der Waals surface area contributed by atoms with Crippen LogP contribution >= 0.6 is 0 Å². The third kappa shape index (κ3) is 2.69. The number of nitro benzene ring substituents is 1. The number of hydrogen-bond acceptors (Lipinski definition) is 5. The highest BCUT2D eigenvalue weighted by Gasteiger charge is 2.30. The molecule has 0 atom stereocenters. The molecule has 1 aliphatic heterocycles. The van der Waals surface area contributed by atoms with Crippen molar-refractivity contribution >= 4 is 15.7 Å². The summed E-state index contributed by atoms with van der Waals surface area (Å²) in [6.07, 6.45) is 0. The Morgan fingerprint density at radius 2 is 1.95 bits per heavy atom. The Morgan fingerprint density at radius 3 is 2.42 bits per heavy atom. The Balaban J connectivity index is 2.43. The van der Waals surface area contributed by atoms with Crippen LogP contribution in [0.1, 0.15) is 0 Å². The van der Waals surface area contributed by atoms with E-state index in [2.05, 4.69) is 10.0 Å². The summed E-state index contributed by atoms with van der Waals surface area (Å²) in [6, 6.07) is 0.152. The zero-order chi connectivity index (χ0) is 14.2. The summed E-state index contributed by atoms with van der Waals surface area (Å²) in [5.74, 6) is -2.80. The molecule has 1 saturated heterocycles. The molecule has 0 unspecified atom stereocenters. The van der Waals surface area contributed by atoms with E-state index in [1.54, 1.807) is 0 Å². The van der Waals surface area contributed by atoms with Crippen molar-refractivity contribution in [3.63, 3.8) is 0 Å². The summed E-state index contributed by atoms with van der Waals surface area (Å²) in [4.78, 5) is 8.47. The SMILES string of the molecule is O=[N+]([O-])c1cc(S(=O)(=O)NC2CNC2)c(F)cc1F. The second-order valence-corrected chi connectivity index (χ2v) is 5.65. The van der Waals surface area contributed by atoms with Crippen LogP contribution in [0.5, 0.6) is 0 Å². The number of halogens is 2. The highest BCUT2D eigenvalue weighted by atomic mass is 32.2. The summed E-state index contributed by atoms with van der Waals surface area (Å²) >= 11 is 0. The minimum absolute atomic E-state index is 0.186. The molecule has 10 heteroatoms. The average molecular weight is 293 g/mol. The van der Waals surface area contributed by atoms with Gasteiger partial charge in [-0.05, 0) is 0 Å². The molecule has 0 spiro atoms. The molecule has 19 heavy (non-hydrogen) atoms. The zero-order valence-electron chi connectivity index (χ0n) is 9.39. The number of nitro groups is 1. The number of sulfonamides is 1. The minimum atomic E-state index is -4.26. The number of rotatable bonds is 4. The molecule has 1 aliphatic rings. The van der Waals surface area contributed by atoms with Crippen molar-refractivity contribution < 1.29 is 22.1 Å². The van der Waals surface area contributed by atoms with Crippen molar-refractivity contribution in [2.24, 2.45) is 0 Å². The van der Waals surface area contributed by atoms with E-state index in [0.717, 1.165) is 0 Å².